The minimum Gasteiger partial charge on any atom is -0.380 e. The van der Waals surface area contributed by atoms with Crippen LogP contribution in [-0.4, -0.2) is 7.11 Å². The Kier molecular flexibility index (Phi) is 13.4. The monoisotopic (exact) mass is 466 g/mol. The Labute approximate surface area is 212 Å². The van der Waals surface area contributed by atoms with Gasteiger partial charge in [0.05, 0.1) is 6.61 Å². The van der Waals surface area contributed by atoms with Gasteiger partial charge in [0.1, 0.15) is 0 Å². The molecule has 2 aliphatic rings. The highest BCUT2D eigenvalue weighted by atomic mass is 16.5. The van der Waals surface area contributed by atoms with Gasteiger partial charge in [-0.05, 0) is 79.7 Å². The van der Waals surface area contributed by atoms with E-state index >= 15 is 0 Å². The number of hydrogen-bond donors (Lipinski definition) is 0. The zero-order chi connectivity index (χ0) is 23.8. The van der Waals surface area contributed by atoms with Crippen LogP contribution in [0.5, 0.6) is 0 Å². The Balaban J connectivity index is 1.16. The minimum atomic E-state index is 0.723. The number of allylic oxidation sites excluding steroid dienone is 2. The summed E-state index contributed by atoms with van der Waals surface area (Å²) in [5, 5.41) is 0. The molecule has 2 fully saturated rings. The lowest BCUT2D eigenvalue weighted by Gasteiger charge is -2.29. The minimum absolute atomic E-state index is 0.723. The quantitative estimate of drug-likeness (QED) is 0.184. The van der Waals surface area contributed by atoms with Crippen molar-refractivity contribution in [1.29, 1.82) is 0 Å². The van der Waals surface area contributed by atoms with Crippen molar-refractivity contribution in [3.05, 3.63) is 47.5 Å². The molecule has 1 aromatic carbocycles. The van der Waals surface area contributed by atoms with Crippen LogP contribution in [0, 0.1) is 23.7 Å². The van der Waals surface area contributed by atoms with Crippen molar-refractivity contribution in [2.24, 2.45) is 23.7 Å². The number of unbranched alkanes of at least 4 members (excludes halogenated alkanes) is 3. The van der Waals surface area contributed by atoms with Crippen LogP contribution in [0.1, 0.15) is 127 Å². The molecule has 0 aliphatic heterocycles. The van der Waals surface area contributed by atoms with Gasteiger partial charge in [0.2, 0.25) is 0 Å². The predicted octanol–water partition coefficient (Wildman–Crippen LogP) is 10.1. The van der Waals surface area contributed by atoms with Gasteiger partial charge in [-0.15, -0.1) is 0 Å². The Morgan fingerprint density at radius 3 is 1.74 bits per heavy atom. The van der Waals surface area contributed by atoms with Crippen LogP contribution in [0.4, 0.5) is 0 Å². The van der Waals surface area contributed by atoms with E-state index in [9.17, 15) is 0 Å². The number of methoxy groups -OCH3 is 1. The van der Waals surface area contributed by atoms with E-state index in [4.69, 9.17) is 4.74 Å². The predicted molar refractivity (Wildman–Crippen MR) is 148 cm³/mol. The van der Waals surface area contributed by atoms with Crippen LogP contribution in [-0.2, 0) is 17.8 Å². The van der Waals surface area contributed by atoms with Gasteiger partial charge in [-0.25, -0.2) is 0 Å². The van der Waals surface area contributed by atoms with Crippen molar-refractivity contribution in [3.8, 4) is 0 Å². The van der Waals surface area contributed by atoms with Gasteiger partial charge in [0, 0.05) is 7.11 Å². The van der Waals surface area contributed by atoms with Crippen LogP contribution in [0.15, 0.2) is 36.4 Å². The van der Waals surface area contributed by atoms with Crippen molar-refractivity contribution in [1.82, 2.24) is 0 Å². The summed E-state index contributed by atoms with van der Waals surface area (Å²) in [7, 11) is 1.77. The fourth-order valence-electron chi connectivity index (χ4n) is 6.53. The molecular formula is C33H54O. The smallest absolute Gasteiger partial charge is 0.0713 e. The van der Waals surface area contributed by atoms with Crippen LogP contribution in [0.2, 0.25) is 0 Å². The summed E-state index contributed by atoms with van der Waals surface area (Å²) in [6, 6.07) is 9.02. The van der Waals surface area contributed by atoms with E-state index in [0.29, 0.717) is 0 Å². The first-order valence-electron chi connectivity index (χ1n) is 15.0. The van der Waals surface area contributed by atoms with E-state index < -0.39 is 0 Å². The lowest BCUT2D eigenvalue weighted by molar-refractivity contribution is 0.185. The highest BCUT2D eigenvalue weighted by Gasteiger charge is 2.22. The number of ether oxygens (including phenoxy) is 1. The van der Waals surface area contributed by atoms with E-state index in [0.717, 1.165) is 30.3 Å². The highest BCUT2D eigenvalue weighted by molar-refractivity contribution is 5.22. The Morgan fingerprint density at radius 2 is 1.21 bits per heavy atom. The van der Waals surface area contributed by atoms with E-state index in [1.807, 2.05) is 0 Å². The molecule has 0 spiro atoms. The average Bonchev–Trinajstić information content (AvgIpc) is 2.87. The van der Waals surface area contributed by atoms with E-state index in [1.165, 1.54) is 127 Å². The summed E-state index contributed by atoms with van der Waals surface area (Å²) in [6.45, 7) is 3.00. The molecule has 1 aromatic rings. The zero-order valence-electron chi connectivity index (χ0n) is 22.6. The molecule has 0 radical (unpaired) electrons. The topological polar surface area (TPSA) is 9.23 Å². The Hall–Kier alpha value is -1.08. The molecule has 1 nitrogen and oxygen atoms in total. The van der Waals surface area contributed by atoms with Gasteiger partial charge < -0.3 is 4.74 Å². The maximum atomic E-state index is 5.21. The summed E-state index contributed by atoms with van der Waals surface area (Å²) >= 11 is 0. The van der Waals surface area contributed by atoms with E-state index in [-0.39, 0.29) is 0 Å². The van der Waals surface area contributed by atoms with E-state index in [2.05, 4.69) is 43.3 Å². The first kappa shape index (κ1) is 27.5. The first-order valence-corrected chi connectivity index (χ1v) is 15.0. The lowest BCUT2D eigenvalue weighted by atomic mass is 9.77. The normalized spacial score (nSPS) is 25.7. The van der Waals surface area contributed by atoms with Gasteiger partial charge in [0.15, 0.2) is 0 Å². The molecule has 0 saturated heterocycles. The fraction of sp³-hybridized carbons (Fsp3) is 0.758. The molecule has 192 valence electrons. The highest BCUT2D eigenvalue weighted by Crippen LogP contribution is 2.36. The molecule has 0 bridgehead atoms. The number of rotatable bonds is 15. The summed E-state index contributed by atoms with van der Waals surface area (Å²) in [4.78, 5) is 0. The number of aryl methyl sites for hydroxylation is 1. The Morgan fingerprint density at radius 1 is 0.706 bits per heavy atom. The molecule has 0 unspecified atom stereocenters. The summed E-state index contributed by atoms with van der Waals surface area (Å²) in [5.74, 6) is 3.99. The van der Waals surface area contributed by atoms with Crippen LogP contribution in [0.25, 0.3) is 0 Å². The molecule has 2 aliphatic carbocycles. The van der Waals surface area contributed by atoms with Crippen molar-refractivity contribution >= 4 is 0 Å². The van der Waals surface area contributed by atoms with E-state index in [1.54, 1.807) is 7.11 Å². The standard InChI is InChI=1S/C33H54O/c1-3-4-5-10-28-15-17-29(18-16-28)11-6-7-12-30-19-21-31(22-20-30)13-8-9-14-32-23-25-33(26-24-32)27-34-2/h5,10,23-26,28-31H,3-4,6-9,11-22,27H2,1-2H3/b10-5+/t28-,29-,30?,31?. The molecule has 0 amide bonds. The fourth-order valence-corrected chi connectivity index (χ4v) is 6.53. The average molecular weight is 467 g/mol. The maximum absolute atomic E-state index is 5.21. The molecular weight excluding hydrogens is 412 g/mol. The summed E-state index contributed by atoms with van der Waals surface area (Å²) in [6.07, 6.45) is 30.9. The van der Waals surface area contributed by atoms with Crippen molar-refractivity contribution < 1.29 is 4.74 Å². The third kappa shape index (κ3) is 10.7. The SMILES string of the molecule is CCC/C=C/[C@H]1CC[C@H](CCCCC2CCC(CCCCc3ccc(COC)cc3)CC2)CC1. The van der Waals surface area contributed by atoms with Gasteiger partial charge in [-0.2, -0.15) is 0 Å². The largest absolute Gasteiger partial charge is 0.380 e. The van der Waals surface area contributed by atoms with Gasteiger partial charge >= 0.3 is 0 Å². The molecule has 1 heteroatoms. The zero-order valence-corrected chi connectivity index (χ0v) is 22.6. The van der Waals surface area contributed by atoms with Crippen LogP contribution < -0.4 is 0 Å². The van der Waals surface area contributed by atoms with Gasteiger partial charge in [-0.1, -0.05) is 114 Å². The molecule has 0 heterocycles. The molecule has 3 rings (SSSR count). The van der Waals surface area contributed by atoms with Crippen LogP contribution in [0.3, 0.4) is 0 Å². The van der Waals surface area contributed by atoms with Crippen molar-refractivity contribution in [2.45, 2.75) is 129 Å². The second-order valence-corrected chi connectivity index (χ2v) is 11.7. The maximum Gasteiger partial charge on any atom is 0.0713 e. The van der Waals surface area contributed by atoms with Gasteiger partial charge in [0.25, 0.3) is 0 Å². The number of hydrogen-bond acceptors (Lipinski definition) is 1. The first-order chi connectivity index (χ1) is 16.8. The molecule has 0 aromatic heterocycles. The summed E-state index contributed by atoms with van der Waals surface area (Å²) < 4.78 is 5.21. The molecule has 2 saturated carbocycles. The second-order valence-electron chi connectivity index (χ2n) is 11.7. The Bertz CT molecular complexity index is 644. The van der Waals surface area contributed by atoms with Crippen LogP contribution >= 0.6 is 0 Å². The summed E-state index contributed by atoms with van der Waals surface area (Å²) in [5.41, 5.74) is 2.77. The molecule has 34 heavy (non-hydrogen) atoms. The third-order valence-corrected chi connectivity index (χ3v) is 8.86. The van der Waals surface area contributed by atoms with Crippen molar-refractivity contribution in [3.63, 3.8) is 0 Å². The lowest BCUT2D eigenvalue weighted by Crippen LogP contribution is -2.15. The molecule has 0 atom stereocenters. The van der Waals surface area contributed by atoms with Crippen molar-refractivity contribution in [2.75, 3.05) is 7.11 Å². The number of benzene rings is 1. The second kappa shape index (κ2) is 16.6. The van der Waals surface area contributed by atoms with Gasteiger partial charge in [-0.3, -0.25) is 0 Å². The molecule has 0 N–H and O–H groups in total. The third-order valence-electron chi connectivity index (χ3n) is 8.86.